The lowest BCUT2D eigenvalue weighted by Crippen LogP contribution is -2.46. The molecule has 0 aromatic heterocycles. The molecule has 0 saturated heterocycles. The Balaban J connectivity index is 4.20. The van der Waals surface area contributed by atoms with Crippen LogP contribution in [0.1, 0.15) is 47.0 Å². The van der Waals surface area contributed by atoms with E-state index in [1.54, 1.807) is 0 Å². The fourth-order valence-electron chi connectivity index (χ4n) is 1.33. The molecule has 0 spiro atoms. The van der Waals surface area contributed by atoms with Crippen molar-refractivity contribution in [2.45, 2.75) is 58.5 Å². The van der Waals surface area contributed by atoms with Gasteiger partial charge in [0.05, 0.1) is 5.22 Å². The lowest BCUT2D eigenvalue weighted by atomic mass is 10.3. The minimum atomic E-state index is -0.236. The van der Waals surface area contributed by atoms with Crippen LogP contribution in [-0.4, -0.2) is 41.6 Å². The Bertz CT molecular complexity index is 154. The van der Waals surface area contributed by atoms with Crippen molar-refractivity contribution in [1.29, 1.82) is 0 Å². The quantitative estimate of drug-likeness (QED) is 0.435. The molecule has 0 amide bonds. The first-order chi connectivity index (χ1) is 7.58. The van der Waals surface area contributed by atoms with Crippen LogP contribution in [0.2, 0.25) is 0 Å². The molecule has 0 saturated carbocycles. The van der Waals surface area contributed by atoms with Gasteiger partial charge >= 0.3 is 0 Å². The summed E-state index contributed by atoms with van der Waals surface area (Å²) >= 11 is 0. The maximum Gasteiger partial charge on any atom is 0.182 e. The van der Waals surface area contributed by atoms with E-state index in [-0.39, 0.29) is 11.5 Å². The van der Waals surface area contributed by atoms with Gasteiger partial charge in [-0.1, -0.05) is 20.8 Å². The summed E-state index contributed by atoms with van der Waals surface area (Å²) in [7, 11) is 0.907. The number of rotatable bonds is 10. The van der Waals surface area contributed by atoms with Crippen molar-refractivity contribution >= 4 is 10.2 Å². The highest BCUT2D eigenvalue weighted by molar-refractivity contribution is 6.14. The van der Waals surface area contributed by atoms with Crippen LogP contribution < -0.4 is 0 Å². The lowest BCUT2D eigenvalue weighted by molar-refractivity contribution is -0.219. The Morgan fingerprint density at radius 3 is 1.75 bits per heavy atom. The highest BCUT2D eigenvalue weighted by Gasteiger charge is 2.31. The van der Waals surface area contributed by atoms with E-state index in [1.165, 1.54) is 0 Å². The Kier molecular flexibility index (Phi) is 9.22. The molecule has 98 valence electrons. The van der Waals surface area contributed by atoms with Crippen molar-refractivity contribution in [2.75, 3.05) is 19.8 Å². The fraction of sp³-hybridized carbons (Fsp3) is 1.00. The highest BCUT2D eigenvalue weighted by atomic mass is 28.1. The van der Waals surface area contributed by atoms with Crippen molar-refractivity contribution in [3.05, 3.63) is 0 Å². The third-order valence-electron chi connectivity index (χ3n) is 2.19. The minimum absolute atomic E-state index is 0.203. The van der Waals surface area contributed by atoms with E-state index in [4.69, 9.17) is 14.2 Å². The molecule has 0 aliphatic heterocycles. The summed E-state index contributed by atoms with van der Waals surface area (Å²) < 4.78 is 17.3. The van der Waals surface area contributed by atoms with Crippen LogP contribution in [0.4, 0.5) is 0 Å². The molecule has 1 unspecified atom stereocenters. The molecule has 0 aromatic rings. The van der Waals surface area contributed by atoms with E-state index < -0.39 is 0 Å². The molecule has 0 bridgehead atoms. The molecule has 3 nitrogen and oxygen atoms in total. The van der Waals surface area contributed by atoms with Crippen molar-refractivity contribution in [3.63, 3.8) is 0 Å². The monoisotopic (exact) mass is 248 g/mol. The van der Waals surface area contributed by atoms with E-state index in [0.717, 1.165) is 49.3 Å². The highest BCUT2D eigenvalue weighted by Crippen LogP contribution is 2.17. The maximum atomic E-state index is 5.85. The molecule has 0 rings (SSSR count). The first-order valence-electron chi connectivity index (χ1n) is 6.45. The topological polar surface area (TPSA) is 27.7 Å². The average Bonchev–Trinajstić information content (AvgIpc) is 2.26. The van der Waals surface area contributed by atoms with Gasteiger partial charge in [-0.3, -0.25) is 0 Å². The van der Waals surface area contributed by atoms with Crippen molar-refractivity contribution in [1.82, 2.24) is 0 Å². The SMILES string of the molecule is CCCOC(OCCC)C(C)([SiH3])OCCC. The van der Waals surface area contributed by atoms with Gasteiger partial charge in [-0.2, -0.15) is 0 Å². The first kappa shape index (κ1) is 16.1. The smallest absolute Gasteiger partial charge is 0.182 e. The third-order valence-corrected chi connectivity index (χ3v) is 2.95. The van der Waals surface area contributed by atoms with Gasteiger partial charge in [0.25, 0.3) is 0 Å². The molecule has 0 aliphatic carbocycles. The summed E-state index contributed by atoms with van der Waals surface area (Å²) in [5.74, 6) is 0. The number of ether oxygens (including phenoxy) is 3. The van der Waals surface area contributed by atoms with E-state index in [9.17, 15) is 0 Å². The van der Waals surface area contributed by atoms with Crippen LogP contribution in [0.3, 0.4) is 0 Å². The molecular weight excluding hydrogens is 220 g/mol. The van der Waals surface area contributed by atoms with E-state index in [0.29, 0.717) is 0 Å². The van der Waals surface area contributed by atoms with Gasteiger partial charge in [-0.15, -0.1) is 0 Å². The summed E-state index contributed by atoms with van der Waals surface area (Å²) in [6.45, 7) is 10.7. The van der Waals surface area contributed by atoms with Crippen LogP contribution in [0.5, 0.6) is 0 Å². The van der Waals surface area contributed by atoms with Crippen LogP contribution >= 0.6 is 0 Å². The van der Waals surface area contributed by atoms with Gasteiger partial charge in [0.15, 0.2) is 6.29 Å². The Hall–Kier alpha value is 0.0969. The minimum Gasteiger partial charge on any atom is -0.375 e. The largest absolute Gasteiger partial charge is 0.375 e. The Labute approximate surface area is 103 Å². The summed E-state index contributed by atoms with van der Waals surface area (Å²) in [6, 6.07) is 0. The second kappa shape index (κ2) is 9.16. The fourth-order valence-corrected chi connectivity index (χ4v) is 1.87. The van der Waals surface area contributed by atoms with E-state index >= 15 is 0 Å². The Morgan fingerprint density at radius 1 is 0.938 bits per heavy atom. The van der Waals surface area contributed by atoms with Crippen LogP contribution in [0.25, 0.3) is 0 Å². The van der Waals surface area contributed by atoms with Gasteiger partial charge in [0, 0.05) is 30.1 Å². The normalized spacial score (nSPS) is 15.6. The predicted molar refractivity (Wildman–Crippen MR) is 70.9 cm³/mol. The molecule has 4 heteroatoms. The standard InChI is InChI=1S/C12H28O3Si/c1-5-8-13-11(14-9-6-2)12(4,16)15-10-7-3/h11H,5-10H2,1-4,16H3. The van der Waals surface area contributed by atoms with Gasteiger partial charge < -0.3 is 14.2 Å². The lowest BCUT2D eigenvalue weighted by Gasteiger charge is -2.34. The molecule has 0 fully saturated rings. The third kappa shape index (κ3) is 6.63. The van der Waals surface area contributed by atoms with Crippen molar-refractivity contribution < 1.29 is 14.2 Å². The summed E-state index contributed by atoms with van der Waals surface area (Å²) in [5.41, 5.74) is 0. The molecule has 0 heterocycles. The predicted octanol–water partition coefficient (Wildman–Crippen LogP) is 1.67. The zero-order chi connectivity index (χ0) is 12.4. The zero-order valence-electron chi connectivity index (χ0n) is 11.5. The molecular formula is C12H28O3Si. The van der Waals surface area contributed by atoms with Gasteiger partial charge in [0.1, 0.15) is 0 Å². The molecule has 0 radical (unpaired) electrons. The summed E-state index contributed by atoms with van der Waals surface area (Å²) in [6.07, 6.45) is 2.85. The maximum absolute atomic E-state index is 5.85. The summed E-state index contributed by atoms with van der Waals surface area (Å²) in [5, 5.41) is -0.236. The molecule has 0 N–H and O–H groups in total. The van der Waals surface area contributed by atoms with Gasteiger partial charge in [0.2, 0.25) is 0 Å². The zero-order valence-corrected chi connectivity index (χ0v) is 13.5. The van der Waals surface area contributed by atoms with Gasteiger partial charge in [-0.25, -0.2) is 0 Å². The van der Waals surface area contributed by atoms with Crippen LogP contribution in [-0.2, 0) is 14.2 Å². The van der Waals surface area contributed by atoms with Gasteiger partial charge in [-0.05, 0) is 26.2 Å². The molecule has 0 aromatic carbocycles. The second-order valence-corrected chi connectivity index (χ2v) is 6.51. The van der Waals surface area contributed by atoms with Crippen molar-refractivity contribution in [2.24, 2.45) is 0 Å². The average molecular weight is 248 g/mol. The number of hydrogen-bond donors (Lipinski definition) is 0. The molecule has 1 atom stereocenters. The molecule has 16 heavy (non-hydrogen) atoms. The van der Waals surface area contributed by atoms with E-state index in [2.05, 4.69) is 27.7 Å². The number of hydrogen-bond acceptors (Lipinski definition) is 3. The second-order valence-electron chi connectivity index (χ2n) is 4.53. The van der Waals surface area contributed by atoms with E-state index in [1.807, 2.05) is 0 Å². The van der Waals surface area contributed by atoms with Crippen LogP contribution in [0, 0.1) is 0 Å². The first-order valence-corrected chi connectivity index (χ1v) is 7.45. The van der Waals surface area contributed by atoms with Crippen LogP contribution in [0.15, 0.2) is 0 Å². The summed E-state index contributed by atoms with van der Waals surface area (Å²) in [4.78, 5) is 0. The molecule has 0 aliphatic rings. The Morgan fingerprint density at radius 2 is 1.38 bits per heavy atom. The van der Waals surface area contributed by atoms with Crippen molar-refractivity contribution in [3.8, 4) is 0 Å².